The summed E-state index contributed by atoms with van der Waals surface area (Å²) < 4.78 is 11.9. The molecule has 1 unspecified atom stereocenters. The Hall–Kier alpha value is -1.18. The fourth-order valence-electron chi connectivity index (χ4n) is 4.02. The Morgan fingerprint density at radius 2 is 2.10 bits per heavy atom. The second-order valence-electron chi connectivity index (χ2n) is 7.96. The number of rotatable bonds is 8. The summed E-state index contributed by atoms with van der Waals surface area (Å²) in [4.78, 5) is 13.3. The van der Waals surface area contributed by atoms with Crippen LogP contribution in [0.5, 0.6) is 0 Å². The number of hydrogen-bond acceptors (Lipinski definition) is 5. The average molecular weight is 423 g/mol. The van der Waals surface area contributed by atoms with E-state index in [4.69, 9.17) is 19.5 Å². The number of thiazole rings is 1. The fourth-order valence-corrected chi connectivity index (χ4v) is 5.03. The maximum absolute atomic E-state index is 6.15. The van der Waals surface area contributed by atoms with Crippen molar-refractivity contribution < 1.29 is 9.47 Å². The molecule has 1 N–H and O–H groups in total. The zero-order chi connectivity index (χ0) is 20.5. The van der Waals surface area contributed by atoms with Crippen molar-refractivity contribution in [3.63, 3.8) is 0 Å². The first kappa shape index (κ1) is 22.5. The summed E-state index contributed by atoms with van der Waals surface area (Å²) in [5, 5.41) is 4.67. The highest BCUT2D eigenvalue weighted by Crippen LogP contribution is 2.19. The largest absolute Gasteiger partial charge is 0.376 e. The predicted octanol–water partition coefficient (Wildman–Crippen LogP) is 3.57. The summed E-state index contributed by atoms with van der Waals surface area (Å²) >= 11 is 1.82. The summed E-state index contributed by atoms with van der Waals surface area (Å²) in [5.41, 5.74) is 1.24. The van der Waals surface area contributed by atoms with E-state index in [9.17, 15) is 0 Å². The van der Waals surface area contributed by atoms with Gasteiger partial charge in [-0.2, -0.15) is 0 Å². The van der Waals surface area contributed by atoms with Crippen LogP contribution in [0.2, 0.25) is 0 Å². The van der Waals surface area contributed by atoms with Crippen molar-refractivity contribution in [2.75, 3.05) is 39.4 Å². The number of aryl methyl sites for hydroxylation is 2. The van der Waals surface area contributed by atoms with Crippen LogP contribution in [0.15, 0.2) is 4.99 Å². The molecule has 164 valence electrons. The monoisotopic (exact) mass is 422 g/mol. The minimum atomic E-state index is 0.309. The van der Waals surface area contributed by atoms with E-state index in [-0.39, 0.29) is 0 Å². The molecular weight excluding hydrogens is 384 g/mol. The lowest BCUT2D eigenvalue weighted by Gasteiger charge is -2.35. The lowest BCUT2D eigenvalue weighted by Crippen LogP contribution is -2.47. The predicted molar refractivity (Wildman–Crippen MR) is 120 cm³/mol. The van der Waals surface area contributed by atoms with Gasteiger partial charge in [0.15, 0.2) is 5.96 Å². The molecule has 0 bridgehead atoms. The molecule has 2 saturated heterocycles. The van der Waals surface area contributed by atoms with Gasteiger partial charge in [-0.15, -0.1) is 11.3 Å². The lowest BCUT2D eigenvalue weighted by molar-refractivity contribution is -0.0721. The third-order valence-corrected chi connectivity index (χ3v) is 6.80. The van der Waals surface area contributed by atoms with Gasteiger partial charge in [-0.1, -0.05) is 6.92 Å². The van der Waals surface area contributed by atoms with Gasteiger partial charge < -0.3 is 19.7 Å². The molecular formula is C22H38N4O2S. The number of guanidine groups is 1. The van der Waals surface area contributed by atoms with Crippen molar-refractivity contribution in [1.29, 1.82) is 0 Å². The van der Waals surface area contributed by atoms with Gasteiger partial charge in [0.25, 0.3) is 0 Å². The SMILES string of the molecule is CCNC(=NCCc1nc(CC)c(C)s1)N1CCC(OCC2CCCCO2)CC1. The maximum Gasteiger partial charge on any atom is 0.193 e. The van der Waals surface area contributed by atoms with Crippen LogP contribution in [0.25, 0.3) is 0 Å². The van der Waals surface area contributed by atoms with Gasteiger partial charge in [-0.05, 0) is 52.4 Å². The van der Waals surface area contributed by atoms with E-state index < -0.39 is 0 Å². The Morgan fingerprint density at radius 3 is 2.76 bits per heavy atom. The van der Waals surface area contributed by atoms with Gasteiger partial charge in [-0.25, -0.2) is 4.98 Å². The topological polar surface area (TPSA) is 59.0 Å². The molecule has 0 radical (unpaired) electrons. The third-order valence-electron chi connectivity index (χ3n) is 5.73. The molecule has 3 rings (SSSR count). The first-order chi connectivity index (χ1) is 14.2. The number of nitrogens with zero attached hydrogens (tertiary/aromatic N) is 3. The summed E-state index contributed by atoms with van der Waals surface area (Å²) in [5.74, 6) is 1.03. The van der Waals surface area contributed by atoms with Crippen LogP contribution in [0, 0.1) is 6.92 Å². The summed E-state index contributed by atoms with van der Waals surface area (Å²) in [7, 11) is 0. The minimum Gasteiger partial charge on any atom is -0.376 e. The van der Waals surface area contributed by atoms with Gasteiger partial charge in [0.05, 0.1) is 29.5 Å². The third kappa shape index (κ3) is 6.93. The Morgan fingerprint density at radius 1 is 1.28 bits per heavy atom. The van der Waals surface area contributed by atoms with Crippen molar-refractivity contribution in [2.24, 2.45) is 4.99 Å². The molecule has 0 aliphatic carbocycles. The molecule has 1 atom stereocenters. The van der Waals surface area contributed by atoms with Gasteiger partial charge >= 0.3 is 0 Å². The molecule has 2 fully saturated rings. The number of hydrogen-bond donors (Lipinski definition) is 1. The molecule has 2 aliphatic rings. The number of nitrogens with one attached hydrogen (secondary N) is 1. The van der Waals surface area contributed by atoms with E-state index in [1.54, 1.807) is 0 Å². The minimum absolute atomic E-state index is 0.309. The first-order valence-electron chi connectivity index (χ1n) is 11.4. The highest BCUT2D eigenvalue weighted by Gasteiger charge is 2.23. The van der Waals surface area contributed by atoms with Crippen molar-refractivity contribution in [3.8, 4) is 0 Å². The summed E-state index contributed by atoms with van der Waals surface area (Å²) in [6.45, 7) is 11.8. The van der Waals surface area contributed by atoms with Gasteiger partial charge in [-0.3, -0.25) is 4.99 Å². The van der Waals surface area contributed by atoms with E-state index in [0.717, 1.165) is 77.5 Å². The second kappa shape index (κ2) is 11.9. The van der Waals surface area contributed by atoms with Crippen LogP contribution >= 0.6 is 11.3 Å². The molecule has 1 aromatic rings. The van der Waals surface area contributed by atoms with Crippen LogP contribution in [0.3, 0.4) is 0 Å². The van der Waals surface area contributed by atoms with E-state index in [1.165, 1.54) is 28.4 Å². The van der Waals surface area contributed by atoms with Gasteiger partial charge in [0.1, 0.15) is 0 Å². The van der Waals surface area contributed by atoms with E-state index in [2.05, 4.69) is 31.0 Å². The highest BCUT2D eigenvalue weighted by atomic mass is 32.1. The van der Waals surface area contributed by atoms with E-state index in [0.29, 0.717) is 12.2 Å². The first-order valence-corrected chi connectivity index (χ1v) is 12.2. The Balaban J connectivity index is 1.43. The standard InChI is InChI=1S/C22H38N4O2S/c1-4-20-17(3)29-21(25-20)9-12-24-22(23-5-2)26-13-10-18(11-14-26)28-16-19-8-6-7-15-27-19/h18-19H,4-16H2,1-3H3,(H,23,24). The Labute approximate surface area is 180 Å². The number of likely N-dealkylation sites (tertiary alicyclic amines) is 1. The van der Waals surface area contributed by atoms with E-state index in [1.807, 2.05) is 11.3 Å². The molecule has 6 nitrogen and oxygen atoms in total. The Bertz CT molecular complexity index is 635. The molecule has 0 saturated carbocycles. The molecule has 0 aromatic carbocycles. The maximum atomic E-state index is 6.15. The second-order valence-corrected chi connectivity index (χ2v) is 9.25. The Kier molecular flexibility index (Phi) is 9.21. The number of aliphatic imine (C=N–C) groups is 1. The van der Waals surface area contributed by atoms with Crippen molar-refractivity contribution in [2.45, 2.75) is 77.9 Å². The zero-order valence-electron chi connectivity index (χ0n) is 18.4. The fraction of sp³-hybridized carbons (Fsp3) is 0.818. The smallest absolute Gasteiger partial charge is 0.193 e. The van der Waals surface area contributed by atoms with Crippen molar-refractivity contribution >= 4 is 17.3 Å². The number of aromatic nitrogens is 1. The molecule has 7 heteroatoms. The quantitative estimate of drug-likeness (QED) is 0.513. The van der Waals surface area contributed by atoms with Gasteiger partial charge in [0.2, 0.25) is 0 Å². The van der Waals surface area contributed by atoms with E-state index >= 15 is 0 Å². The highest BCUT2D eigenvalue weighted by molar-refractivity contribution is 7.11. The van der Waals surface area contributed by atoms with Crippen LogP contribution in [0.4, 0.5) is 0 Å². The molecule has 0 amide bonds. The molecule has 0 spiro atoms. The zero-order valence-corrected chi connectivity index (χ0v) is 19.2. The number of piperidine rings is 1. The summed E-state index contributed by atoms with van der Waals surface area (Å²) in [6, 6.07) is 0. The summed E-state index contributed by atoms with van der Waals surface area (Å²) in [6.07, 6.45) is 8.33. The molecule has 1 aromatic heterocycles. The number of ether oxygens (including phenoxy) is 2. The van der Waals surface area contributed by atoms with Crippen molar-refractivity contribution in [1.82, 2.24) is 15.2 Å². The molecule has 29 heavy (non-hydrogen) atoms. The van der Waals surface area contributed by atoms with Crippen LogP contribution in [-0.2, 0) is 22.3 Å². The van der Waals surface area contributed by atoms with Crippen LogP contribution in [-0.4, -0.2) is 67.4 Å². The van der Waals surface area contributed by atoms with Gasteiger partial charge in [0, 0.05) is 44.1 Å². The van der Waals surface area contributed by atoms with Crippen LogP contribution in [0.1, 0.15) is 61.5 Å². The average Bonchev–Trinajstić information content (AvgIpc) is 3.12. The normalized spacial score (nSPS) is 21.6. The molecule has 2 aliphatic heterocycles. The van der Waals surface area contributed by atoms with Crippen LogP contribution < -0.4 is 5.32 Å². The lowest BCUT2D eigenvalue weighted by atomic mass is 10.1. The van der Waals surface area contributed by atoms with Crippen molar-refractivity contribution in [3.05, 3.63) is 15.6 Å². The molecule has 3 heterocycles.